The van der Waals surface area contributed by atoms with Crippen molar-refractivity contribution in [3.63, 3.8) is 0 Å². The summed E-state index contributed by atoms with van der Waals surface area (Å²) in [7, 11) is 0. The van der Waals surface area contributed by atoms with E-state index in [2.05, 4.69) is 0 Å². The highest BCUT2D eigenvalue weighted by atomic mass is 35.5. The molecule has 2 aromatic carbocycles. The van der Waals surface area contributed by atoms with E-state index in [9.17, 15) is 29.3 Å². The molecule has 1 aliphatic heterocycles. The Bertz CT molecular complexity index is 1180. The van der Waals surface area contributed by atoms with Crippen LogP contribution in [0.3, 0.4) is 0 Å². The van der Waals surface area contributed by atoms with E-state index >= 15 is 0 Å². The normalized spacial score (nSPS) is 19.6. The van der Waals surface area contributed by atoms with E-state index in [-0.39, 0.29) is 26.9 Å². The highest BCUT2D eigenvalue weighted by molar-refractivity contribution is 6.42. The van der Waals surface area contributed by atoms with Gasteiger partial charge in [0.05, 0.1) is 26.8 Å². The molecule has 0 N–H and O–H groups in total. The second kappa shape index (κ2) is 9.52. The van der Waals surface area contributed by atoms with Crippen LogP contribution in [0.1, 0.15) is 46.4 Å². The number of amides is 3. The Morgan fingerprint density at radius 2 is 1.50 bits per heavy atom. The van der Waals surface area contributed by atoms with Gasteiger partial charge in [-0.1, -0.05) is 36.0 Å². The number of non-ortho nitro benzene ring substituents is 1. The van der Waals surface area contributed by atoms with Crippen LogP contribution >= 0.6 is 23.2 Å². The molecule has 0 aromatic heterocycles. The Morgan fingerprint density at radius 3 is 2.03 bits per heavy atom. The van der Waals surface area contributed by atoms with E-state index in [4.69, 9.17) is 23.2 Å². The zero-order chi connectivity index (χ0) is 24.6. The van der Waals surface area contributed by atoms with Gasteiger partial charge in [-0.25, -0.2) is 5.01 Å². The number of nitrogens with zero attached hydrogens (tertiary/aromatic N) is 3. The Hall–Kier alpha value is -3.30. The van der Waals surface area contributed by atoms with Crippen molar-refractivity contribution in [1.29, 1.82) is 0 Å². The molecule has 176 valence electrons. The minimum atomic E-state index is -0.769. The summed E-state index contributed by atoms with van der Waals surface area (Å²) >= 11 is 12.0. The predicted octanol–water partition coefficient (Wildman–Crippen LogP) is 4.32. The molecule has 1 saturated carbocycles. The lowest BCUT2D eigenvalue weighted by Gasteiger charge is -2.30. The minimum absolute atomic E-state index is 0.0429. The van der Waals surface area contributed by atoms with Crippen molar-refractivity contribution in [2.45, 2.75) is 25.7 Å². The Kier molecular flexibility index (Phi) is 6.67. The molecule has 2 atom stereocenters. The first-order valence-corrected chi connectivity index (χ1v) is 11.4. The molecule has 11 heteroatoms. The number of nitro benzene ring substituents is 1. The molecule has 2 aromatic rings. The second-order valence-electron chi connectivity index (χ2n) is 8.20. The van der Waals surface area contributed by atoms with Crippen LogP contribution in [-0.4, -0.2) is 45.0 Å². The summed E-state index contributed by atoms with van der Waals surface area (Å²) in [5, 5.41) is 12.8. The number of carbonyl (C=O) groups is 4. The number of rotatable bonds is 6. The van der Waals surface area contributed by atoms with Crippen LogP contribution in [0, 0.1) is 22.0 Å². The number of benzene rings is 2. The first kappa shape index (κ1) is 23.8. The Morgan fingerprint density at radius 1 is 0.941 bits per heavy atom. The summed E-state index contributed by atoms with van der Waals surface area (Å²) in [6.07, 6.45) is 2.68. The molecule has 1 saturated heterocycles. The SMILES string of the molecule is O=C(CN(C(=O)c1ccc(Cl)c(Cl)c1)N1C(=O)C2CCCCC2C1=O)c1ccc([N+](=O)[O-])cc1. The average Bonchev–Trinajstić information content (AvgIpc) is 3.09. The van der Waals surface area contributed by atoms with Gasteiger partial charge in [-0.2, -0.15) is 5.01 Å². The molecule has 3 amide bonds. The maximum Gasteiger partial charge on any atom is 0.273 e. The molecule has 9 nitrogen and oxygen atoms in total. The molecular formula is C23H19Cl2N3O6. The third-order valence-electron chi connectivity index (χ3n) is 6.15. The highest BCUT2D eigenvalue weighted by Crippen LogP contribution is 2.39. The van der Waals surface area contributed by atoms with Gasteiger partial charge in [0.2, 0.25) is 0 Å². The number of ketones is 1. The monoisotopic (exact) mass is 503 g/mol. The van der Waals surface area contributed by atoms with E-state index < -0.39 is 46.8 Å². The average molecular weight is 504 g/mol. The van der Waals surface area contributed by atoms with Crippen molar-refractivity contribution in [2.24, 2.45) is 11.8 Å². The lowest BCUT2D eigenvalue weighted by molar-refractivity contribution is -0.384. The number of hydrogen-bond acceptors (Lipinski definition) is 6. The first-order chi connectivity index (χ1) is 16.2. The van der Waals surface area contributed by atoms with Gasteiger partial charge in [0, 0.05) is 23.3 Å². The van der Waals surface area contributed by atoms with Crippen molar-refractivity contribution in [1.82, 2.24) is 10.0 Å². The zero-order valence-corrected chi connectivity index (χ0v) is 19.3. The van der Waals surface area contributed by atoms with Crippen LogP contribution in [-0.2, 0) is 9.59 Å². The molecule has 34 heavy (non-hydrogen) atoms. The summed E-state index contributed by atoms with van der Waals surface area (Å²) in [6.45, 7) is -0.617. The van der Waals surface area contributed by atoms with Crippen molar-refractivity contribution >= 4 is 52.4 Å². The van der Waals surface area contributed by atoms with Gasteiger partial charge in [0.15, 0.2) is 5.78 Å². The zero-order valence-electron chi connectivity index (χ0n) is 17.8. The molecule has 0 spiro atoms. The third-order valence-corrected chi connectivity index (χ3v) is 6.89. The number of nitro groups is 1. The fourth-order valence-corrected chi connectivity index (χ4v) is 4.69. The number of imide groups is 1. The summed E-state index contributed by atoms with van der Waals surface area (Å²) in [4.78, 5) is 63.1. The van der Waals surface area contributed by atoms with Gasteiger partial charge >= 0.3 is 0 Å². The van der Waals surface area contributed by atoms with Crippen LogP contribution < -0.4 is 0 Å². The van der Waals surface area contributed by atoms with Gasteiger partial charge in [0.1, 0.15) is 6.54 Å². The van der Waals surface area contributed by atoms with Crippen LogP contribution in [0.2, 0.25) is 10.0 Å². The van der Waals surface area contributed by atoms with Crippen molar-refractivity contribution in [2.75, 3.05) is 6.54 Å². The number of hydrogen-bond donors (Lipinski definition) is 0. The smallest absolute Gasteiger partial charge is 0.273 e. The summed E-state index contributed by atoms with van der Waals surface area (Å²) in [5.74, 6) is -3.45. The molecule has 1 aliphatic carbocycles. The van der Waals surface area contributed by atoms with Crippen molar-refractivity contribution in [3.05, 3.63) is 73.8 Å². The van der Waals surface area contributed by atoms with Crippen LogP contribution in [0.5, 0.6) is 0 Å². The number of fused-ring (bicyclic) bond motifs is 1. The number of hydrazine groups is 1. The standard InChI is InChI=1S/C23H19Cl2N3O6/c24-18-10-7-14(11-19(18)25)21(30)26(12-20(29)13-5-8-15(9-6-13)28(33)34)27-22(31)16-3-1-2-4-17(16)23(27)32/h5-11,16-17H,1-4,12H2. The molecule has 2 aliphatic rings. The first-order valence-electron chi connectivity index (χ1n) is 10.6. The molecule has 2 unspecified atom stereocenters. The van der Waals surface area contributed by atoms with E-state index in [0.717, 1.165) is 22.9 Å². The summed E-state index contributed by atoms with van der Waals surface area (Å²) < 4.78 is 0. The van der Waals surface area contributed by atoms with Crippen LogP contribution in [0.15, 0.2) is 42.5 Å². The second-order valence-corrected chi connectivity index (χ2v) is 9.02. The molecule has 0 radical (unpaired) electrons. The topological polar surface area (TPSA) is 118 Å². The molecule has 4 rings (SSSR count). The van der Waals surface area contributed by atoms with Crippen LogP contribution in [0.4, 0.5) is 5.69 Å². The largest absolute Gasteiger partial charge is 0.292 e. The fourth-order valence-electron chi connectivity index (χ4n) is 4.39. The molecule has 0 bridgehead atoms. The summed E-state index contributed by atoms with van der Waals surface area (Å²) in [5.41, 5.74) is -0.0651. The van der Waals surface area contributed by atoms with E-state index in [1.54, 1.807) is 0 Å². The maximum absolute atomic E-state index is 13.4. The van der Waals surface area contributed by atoms with E-state index in [1.807, 2.05) is 0 Å². The molecule has 1 heterocycles. The van der Waals surface area contributed by atoms with Gasteiger partial charge in [-0.15, -0.1) is 0 Å². The lowest BCUT2D eigenvalue weighted by atomic mass is 9.81. The number of halogens is 2. The number of carbonyl (C=O) groups excluding carboxylic acids is 4. The van der Waals surface area contributed by atoms with Crippen molar-refractivity contribution in [3.8, 4) is 0 Å². The lowest BCUT2D eigenvalue weighted by Crippen LogP contribution is -2.52. The predicted molar refractivity (Wildman–Crippen MR) is 122 cm³/mol. The third kappa shape index (κ3) is 4.41. The van der Waals surface area contributed by atoms with Gasteiger partial charge in [-0.3, -0.25) is 29.3 Å². The number of Topliss-reactive ketones (excluding diaryl/α,β-unsaturated/α-hetero) is 1. The highest BCUT2D eigenvalue weighted by Gasteiger charge is 2.51. The van der Waals surface area contributed by atoms with Crippen LogP contribution in [0.25, 0.3) is 0 Å². The Balaban J connectivity index is 1.69. The van der Waals surface area contributed by atoms with Gasteiger partial charge in [0.25, 0.3) is 23.4 Å². The fraction of sp³-hybridized carbons (Fsp3) is 0.304. The molecule has 2 fully saturated rings. The van der Waals surface area contributed by atoms with E-state index in [1.165, 1.54) is 42.5 Å². The summed E-state index contributed by atoms with van der Waals surface area (Å²) in [6, 6.07) is 8.94. The van der Waals surface area contributed by atoms with Gasteiger partial charge in [-0.05, 0) is 43.2 Å². The molecular weight excluding hydrogens is 485 g/mol. The maximum atomic E-state index is 13.4. The van der Waals surface area contributed by atoms with Crippen molar-refractivity contribution < 1.29 is 24.1 Å². The Labute approximate surface area is 204 Å². The quantitative estimate of drug-likeness (QED) is 0.250. The van der Waals surface area contributed by atoms with E-state index in [0.29, 0.717) is 12.8 Å². The minimum Gasteiger partial charge on any atom is -0.292 e. The van der Waals surface area contributed by atoms with Gasteiger partial charge < -0.3 is 0 Å².